The van der Waals surface area contributed by atoms with Gasteiger partial charge in [0.15, 0.2) is 5.75 Å². The molecule has 19 heavy (non-hydrogen) atoms. The lowest BCUT2D eigenvalue weighted by molar-refractivity contribution is 0.473. The zero-order chi connectivity index (χ0) is 13.4. The molecule has 0 N–H and O–H groups in total. The highest BCUT2D eigenvalue weighted by Gasteiger charge is 2.30. The Morgan fingerprint density at radius 2 is 2.21 bits per heavy atom. The van der Waals surface area contributed by atoms with Gasteiger partial charge in [0.25, 0.3) is 0 Å². The highest BCUT2D eigenvalue weighted by atomic mass is 35.5. The first-order valence-electron chi connectivity index (χ1n) is 6.52. The summed E-state index contributed by atoms with van der Waals surface area (Å²) in [6, 6.07) is 3.84. The largest absolute Gasteiger partial charge is 0.454 e. The van der Waals surface area contributed by atoms with Crippen LogP contribution in [-0.4, -0.2) is 14.8 Å². The van der Waals surface area contributed by atoms with Gasteiger partial charge in [-0.05, 0) is 32.8 Å². The van der Waals surface area contributed by atoms with Crippen molar-refractivity contribution in [3.63, 3.8) is 0 Å². The van der Waals surface area contributed by atoms with E-state index in [1.165, 1.54) is 12.8 Å². The highest BCUT2D eigenvalue weighted by molar-refractivity contribution is 6.29. The second kappa shape index (κ2) is 4.85. The number of ether oxygens (including phenoxy) is 1. The Labute approximate surface area is 117 Å². The molecule has 0 aliphatic heterocycles. The maximum absolute atomic E-state index is 5.91. The molecule has 0 radical (unpaired) electrons. The summed E-state index contributed by atoms with van der Waals surface area (Å²) >= 11 is 5.87. The lowest BCUT2D eigenvalue weighted by Crippen LogP contribution is -2.01. The molecule has 2 heterocycles. The number of halogens is 1. The summed E-state index contributed by atoms with van der Waals surface area (Å²) in [7, 11) is 0. The number of nitrogens with zero attached hydrogens (tertiary/aromatic N) is 3. The van der Waals surface area contributed by atoms with Gasteiger partial charge in [-0.1, -0.05) is 11.6 Å². The Morgan fingerprint density at radius 3 is 2.84 bits per heavy atom. The van der Waals surface area contributed by atoms with Crippen LogP contribution in [0, 0.1) is 0 Å². The molecule has 0 atom stereocenters. The van der Waals surface area contributed by atoms with Gasteiger partial charge >= 0.3 is 0 Å². The molecule has 0 spiro atoms. The van der Waals surface area contributed by atoms with Crippen molar-refractivity contribution in [1.82, 2.24) is 14.8 Å². The number of aromatic nitrogens is 3. The van der Waals surface area contributed by atoms with Crippen LogP contribution in [0.15, 0.2) is 24.5 Å². The van der Waals surface area contributed by atoms with Gasteiger partial charge in [0.05, 0.1) is 6.20 Å². The summed E-state index contributed by atoms with van der Waals surface area (Å²) in [5.41, 5.74) is 1.06. The molecule has 4 nitrogen and oxygen atoms in total. The first-order chi connectivity index (χ1) is 9.13. The minimum Gasteiger partial charge on any atom is -0.454 e. The van der Waals surface area contributed by atoms with Crippen LogP contribution >= 0.6 is 11.6 Å². The SMILES string of the molecule is CC(C)n1cc(Oc2ccnc(Cl)c2)c(C2CC2)n1. The average molecular weight is 278 g/mol. The molecule has 1 fully saturated rings. The molecule has 0 amide bonds. The minimum absolute atomic E-state index is 0.330. The van der Waals surface area contributed by atoms with E-state index in [-0.39, 0.29) is 0 Å². The smallest absolute Gasteiger partial charge is 0.168 e. The summed E-state index contributed by atoms with van der Waals surface area (Å²) in [4.78, 5) is 3.95. The Morgan fingerprint density at radius 1 is 1.42 bits per heavy atom. The van der Waals surface area contributed by atoms with Gasteiger partial charge in [-0.3, -0.25) is 4.68 Å². The third-order valence-corrected chi connectivity index (χ3v) is 3.35. The standard InChI is InChI=1S/C14H16ClN3O/c1-9(2)18-8-12(14(17-18)10-3-4-10)19-11-5-6-16-13(15)7-11/h5-10H,3-4H2,1-2H3. The van der Waals surface area contributed by atoms with Crippen LogP contribution in [0.5, 0.6) is 11.5 Å². The van der Waals surface area contributed by atoms with Gasteiger partial charge in [-0.25, -0.2) is 4.98 Å². The topological polar surface area (TPSA) is 39.9 Å². The van der Waals surface area contributed by atoms with Crippen molar-refractivity contribution >= 4 is 11.6 Å². The van der Waals surface area contributed by atoms with Crippen molar-refractivity contribution in [1.29, 1.82) is 0 Å². The molecular formula is C14H16ClN3O. The summed E-state index contributed by atoms with van der Waals surface area (Å²) in [6.07, 6.45) is 6.00. The van der Waals surface area contributed by atoms with E-state index in [0.29, 0.717) is 22.9 Å². The van der Waals surface area contributed by atoms with Gasteiger partial charge in [-0.15, -0.1) is 0 Å². The third-order valence-electron chi connectivity index (χ3n) is 3.14. The van der Waals surface area contributed by atoms with Crippen LogP contribution < -0.4 is 4.74 Å². The summed E-state index contributed by atoms with van der Waals surface area (Å²) in [6.45, 7) is 4.22. The molecule has 0 bridgehead atoms. The van der Waals surface area contributed by atoms with Gasteiger partial charge in [0.2, 0.25) is 0 Å². The number of hydrogen-bond donors (Lipinski definition) is 0. The van der Waals surface area contributed by atoms with E-state index in [1.54, 1.807) is 18.3 Å². The first kappa shape index (κ1) is 12.5. The van der Waals surface area contributed by atoms with Crippen LogP contribution in [0.2, 0.25) is 5.15 Å². The molecule has 0 unspecified atom stereocenters. The lowest BCUT2D eigenvalue weighted by atomic mass is 10.3. The van der Waals surface area contributed by atoms with Gasteiger partial charge in [0, 0.05) is 24.2 Å². The van der Waals surface area contributed by atoms with E-state index < -0.39 is 0 Å². The molecule has 3 rings (SSSR count). The second-order valence-electron chi connectivity index (χ2n) is 5.14. The Hall–Kier alpha value is -1.55. The van der Waals surface area contributed by atoms with Crippen LogP contribution in [0.1, 0.15) is 44.3 Å². The fraction of sp³-hybridized carbons (Fsp3) is 0.429. The summed E-state index contributed by atoms with van der Waals surface area (Å²) in [5.74, 6) is 2.08. The van der Waals surface area contributed by atoms with Gasteiger partial charge in [0.1, 0.15) is 16.6 Å². The van der Waals surface area contributed by atoms with E-state index in [9.17, 15) is 0 Å². The van der Waals surface area contributed by atoms with Crippen molar-refractivity contribution in [3.05, 3.63) is 35.4 Å². The molecule has 2 aromatic rings. The first-order valence-corrected chi connectivity index (χ1v) is 6.89. The minimum atomic E-state index is 0.330. The molecule has 1 aliphatic carbocycles. The van der Waals surface area contributed by atoms with Crippen LogP contribution in [0.4, 0.5) is 0 Å². The molecule has 0 aromatic carbocycles. The number of pyridine rings is 1. The van der Waals surface area contributed by atoms with E-state index in [1.807, 2.05) is 10.9 Å². The van der Waals surface area contributed by atoms with E-state index in [4.69, 9.17) is 16.3 Å². The molecule has 2 aromatic heterocycles. The highest BCUT2D eigenvalue weighted by Crippen LogP contribution is 2.44. The number of rotatable bonds is 4. The van der Waals surface area contributed by atoms with Crippen LogP contribution in [0.3, 0.4) is 0 Å². The average Bonchev–Trinajstić information content (AvgIpc) is 3.11. The Kier molecular flexibility index (Phi) is 3.19. The maximum atomic E-state index is 5.91. The predicted octanol–water partition coefficient (Wildman–Crippen LogP) is 4.18. The fourth-order valence-electron chi connectivity index (χ4n) is 1.95. The van der Waals surface area contributed by atoms with Crippen molar-refractivity contribution in [2.75, 3.05) is 0 Å². The quantitative estimate of drug-likeness (QED) is 0.787. The van der Waals surface area contributed by atoms with Crippen molar-refractivity contribution in [3.8, 4) is 11.5 Å². The molecule has 0 saturated heterocycles. The summed E-state index contributed by atoms with van der Waals surface area (Å²) < 4.78 is 7.86. The van der Waals surface area contributed by atoms with Crippen molar-refractivity contribution < 1.29 is 4.74 Å². The summed E-state index contributed by atoms with van der Waals surface area (Å²) in [5, 5.41) is 5.07. The fourth-order valence-corrected chi connectivity index (χ4v) is 2.11. The molecule has 100 valence electrons. The zero-order valence-electron chi connectivity index (χ0n) is 11.0. The predicted molar refractivity (Wildman–Crippen MR) is 73.9 cm³/mol. The van der Waals surface area contributed by atoms with Crippen LogP contribution in [0.25, 0.3) is 0 Å². The van der Waals surface area contributed by atoms with Crippen LogP contribution in [-0.2, 0) is 0 Å². The van der Waals surface area contributed by atoms with E-state index in [2.05, 4.69) is 23.9 Å². The molecular weight excluding hydrogens is 262 g/mol. The Balaban J connectivity index is 1.90. The monoisotopic (exact) mass is 277 g/mol. The van der Waals surface area contributed by atoms with Crippen molar-refractivity contribution in [2.45, 2.75) is 38.6 Å². The maximum Gasteiger partial charge on any atom is 0.168 e. The van der Waals surface area contributed by atoms with Gasteiger partial charge < -0.3 is 4.74 Å². The normalized spacial score (nSPS) is 14.9. The lowest BCUT2D eigenvalue weighted by Gasteiger charge is -2.04. The third kappa shape index (κ3) is 2.73. The van der Waals surface area contributed by atoms with Crippen molar-refractivity contribution in [2.24, 2.45) is 0 Å². The molecule has 1 aliphatic rings. The van der Waals surface area contributed by atoms with E-state index >= 15 is 0 Å². The van der Waals surface area contributed by atoms with E-state index in [0.717, 1.165) is 11.4 Å². The number of hydrogen-bond acceptors (Lipinski definition) is 3. The van der Waals surface area contributed by atoms with Gasteiger partial charge in [-0.2, -0.15) is 5.10 Å². The Bertz CT molecular complexity index is 590. The second-order valence-corrected chi connectivity index (χ2v) is 5.53. The molecule has 5 heteroatoms. The zero-order valence-corrected chi connectivity index (χ0v) is 11.8. The molecule has 1 saturated carbocycles.